The van der Waals surface area contributed by atoms with E-state index in [1.807, 2.05) is 32.9 Å². The third kappa shape index (κ3) is 5.36. The summed E-state index contributed by atoms with van der Waals surface area (Å²) in [6.07, 6.45) is 5.35. The highest BCUT2D eigenvalue weighted by Gasteiger charge is 2.34. The molecule has 6 rings (SSSR count). The largest absolute Gasteiger partial charge is 0.350 e. The summed E-state index contributed by atoms with van der Waals surface area (Å²) in [5.41, 5.74) is 4.49. The van der Waals surface area contributed by atoms with Crippen molar-refractivity contribution in [2.24, 2.45) is 0 Å². The first kappa shape index (κ1) is 27.9. The standard InChI is InChI=1S/C31H37FN8O2/c1-4-38(20(2)3)30(41)24-16-22(32)6-8-27(24)40-14-13-39(29-28(40)17-33-19-34-29)23-9-11-37(12-10-23)18-21-5-7-25-26(15-21)36-31(42)35-25/h5-8,15-17,19-20,23H,4,9-14,18H2,1-3H3,(H2,35,36,42). The smallest absolute Gasteiger partial charge is 0.323 e. The van der Waals surface area contributed by atoms with E-state index in [0.29, 0.717) is 30.4 Å². The molecule has 0 radical (unpaired) electrons. The number of rotatable bonds is 7. The van der Waals surface area contributed by atoms with Crippen LogP contribution in [0.15, 0.2) is 53.7 Å². The first-order valence-electron chi connectivity index (χ1n) is 14.7. The number of hydrogen-bond donors (Lipinski definition) is 2. The normalized spacial score (nSPS) is 16.3. The van der Waals surface area contributed by atoms with E-state index in [-0.39, 0.29) is 17.6 Å². The van der Waals surface area contributed by atoms with Crippen molar-refractivity contribution in [3.8, 4) is 0 Å². The molecule has 2 aromatic heterocycles. The number of hydrogen-bond acceptors (Lipinski definition) is 7. The second-order valence-electron chi connectivity index (χ2n) is 11.4. The summed E-state index contributed by atoms with van der Waals surface area (Å²) in [4.78, 5) is 48.5. The molecule has 1 saturated heterocycles. The van der Waals surface area contributed by atoms with Crippen molar-refractivity contribution in [1.82, 2.24) is 29.7 Å². The topological polar surface area (TPSA) is 104 Å². The van der Waals surface area contributed by atoms with Gasteiger partial charge in [0.05, 0.1) is 28.5 Å². The van der Waals surface area contributed by atoms with Crippen LogP contribution in [-0.2, 0) is 6.54 Å². The second-order valence-corrected chi connectivity index (χ2v) is 11.4. The summed E-state index contributed by atoms with van der Waals surface area (Å²) >= 11 is 0. The molecule has 0 atom stereocenters. The number of halogens is 1. The van der Waals surface area contributed by atoms with Gasteiger partial charge in [-0.05, 0) is 69.5 Å². The maximum absolute atomic E-state index is 14.4. The molecule has 1 fully saturated rings. The number of nitrogens with zero attached hydrogens (tertiary/aromatic N) is 6. The van der Waals surface area contributed by atoms with Gasteiger partial charge >= 0.3 is 5.69 Å². The molecule has 0 spiro atoms. The van der Waals surface area contributed by atoms with Gasteiger partial charge in [-0.3, -0.25) is 9.69 Å². The Morgan fingerprint density at radius 2 is 1.83 bits per heavy atom. The first-order chi connectivity index (χ1) is 20.3. The number of aromatic amines is 2. The minimum absolute atomic E-state index is 0.00229. The van der Waals surface area contributed by atoms with Crippen molar-refractivity contribution in [3.05, 3.63) is 76.4 Å². The highest BCUT2D eigenvalue weighted by atomic mass is 19.1. The molecule has 10 nitrogen and oxygen atoms in total. The van der Waals surface area contributed by atoms with E-state index in [2.05, 4.69) is 35.7 Å². The third-order valence-electron chi connectivity index (χ3n) is 8.49. The zero-order chi connectivity index (χ0) is 29.4. The Balaban J connectivity index is 1.19. The number of benzene rings is 2. The Labute approximate surface area is 244 Å². The molecule has 0 unspecified atom stereocenters. The van der Waals surface area contributed by atoms with Crippen molar-refractivity contribution in [2.75, 3.05) is 42.5 Å². The fourth-order valence-electron chi connectivity index (χ4n) is 6.41. The molecule has 220 valence electrons. The molecule has 2 aliphatic rings. The van der Waals surface area contributed by atoms with Crippen LogP contribution in [0, 0.1) is 5.82 Å². The van der Waals surface area contributed by atoms with E-state index in [1.54, 1.807) is 23.5 Å². The number of imidazole rings is 1. The van der Waals surface area contributed by atoms with E-state index < -0.39 is 5.82 Å². The van der Waals surface area contributed by atoms with E-state index in [4.69, 9.17) is 4.98 Å². The fourth-order valence-corrected chi connectivity index (χ4v) is 6.41. The number of amides is 1. The summed E-state index contributed by atoms with van der Waals surface area (Å²) < 4.78 is 14.4. The van der Waals surface area contributed by atoms with Crippen molar-refractivity contribution in [3.63, 3.8) is 0 Å². The monoisotopic (exact) mass is 572 g/mol. The predicted octanol–water partition coefficient (Wildman–Crippen LogP) is 4.28. The predicted molar refractivity (Wildman–Crippen MR) is 162 cm³/mol. The van der Waals surface area contributed by atoms with Crippen LogP contribution < -0.4 is 15.5 Å². The van der Waals surface area contributed by atoms with Gasteiger partial charge in [0, 0.05) is 51.4 Å². The lowest BCUT2D eigenvalue weighted by molar-refractivity contribution is 0.0717. The summed E-state index contributed by atoms with van der Waals surface area (Å²) in [5, 5.41) is 0. The van der Waals surface area contributed by atoms with Crippen molar-refractivity contribution < 1.29 is 9.18 Å². The minimum atomic E-state index is -0.432. The summed E-state index contributed by atoms with van der Waals surface area (Å²) in [6, 6.07) is 10.8. The van der Waals surface area contributed by atoms with E-state index in [9.17, 15) is 14.0 Å². The molecule has 0 bridgehead atoms. The number of H-pyrrole nitrogens is 2. The highest BCUT2D eigenvalue weighted by molar-refractivity contribution is 6.01. The Hall–Kier alpha value is -4.25. The zero-order valence-electron chi connectivity index (χ0n) is 24.3. The number of anilines is 3. The molecule has 2 N–H and O–H groups in total. The molecule has 0 saturated carbocycles. The minimum Gasteiger partial charge on any atom is -0.350 e. The van der Waals surface area contributed by atoms with Crippen LogP contribution in [0.4, 0.5) is 21.6 Å². The number of nitrogens with one attached hydrogen (secondary N) is 2. The first-order valence-corrected chi connectivity index (χ1v) is 14.7. The number of piperidine rings is 1. The molecule has 4 aromatic rings. The number of aromatic nitrogens is 4. The van der Waals surface area contributed by atoms with Crippen LogP contribution in [0.1, 0.15) is 49.5 Å². The molecule has 2 aliphatic heterocycles. The number of carbonyl (C=O) groups is 1. The van der Waals surface area contributed by atoms with Gasteiger partial charge in [0.25, 0.3) is 5.91 Å². The fraction of sp³-hybridized carbons (Fsp3) is 0.419. The lowest BCUT2D eigenvalue weighted by Gasteiger charge is -2.44. The molecule has 0 aliphatic carbocycles. The zero-order valence-corrected chi connectivity index (χ0v) is 24.3. The molecule has 42 heavy (non-hydrogen) atoms. The lowest BCUT2D eigenvalue weighted by Crippen LogP contribution is -2.50. The maximum Gasteiger partial charge on any atom is 0.323 e. The van der Waals surface area contributed by atoms with Crippen LogP contribution in [0.5, 0.6) is 0 Å². The van der Waals surface area contributed by atoms with Crippen LogP contribution in [0.25, 0.3) is 11.0 Å². The maximum atomic E-state index is 14.4. The average molecular weight is 573 g/mol. The SMILES string of the molecule is CCN(C(=O)c1cc(F)ccc1N1CCN(C2CCN(Cc3ccc4[nH]c(=O)[nH]c4c3)CC2)c2ncncc21)C(C)C. The summed E-state index contributed by atoms with van der Waals surface area (Å²) in [6.45, 7) is 10.5. The molecule has 4 heterocycles. The third-order valence-corrected chi connectivity index (χ3v) is 8.49. The Bertz CT molecular complexity index is 1640. The van der Waals surface area contributed by atoms with Crippen LogP contribution in [0.2, 0.25) is 0 Å². The molecule has 2 aromatic carbocycles. The van der Waals surface area contributed by atoms with Crippen LogP contribution >= 0.6 is 0 Å². The summed E-state index contributed by atoms with van der Waals surface area (Å²) in [7, 11) is 0. The van der Waals surface area contributed by atoms with Gasteiger partial charge in [0.15, 0.2) is 5.82 Å². The quantitative estimate of drug-likeness (QED) is 0.341. The highest BCUT2D eigenvalue weighted by Crippen LogP contribution is 2.39. The molecular weight excluding hydrogens is 535 g/mol. The van der Waals surface area contributed by atoms with Gasteiger partial charge < -0.3 is 24.7 Å². The van der Waals surface area contributed by atoms with Gasteiger partial charge in [0.2, 0.25) is 0 Å². The molecule has 1 amide bonds. The number of fused-ring (bicyclic) bond motifs is 2. The average Bonchev–Trinajstić information content (AvgIpc) is 3.36. The Kier molecular flexibility index (Phi) is 7.68. The summed E-state index contributed by atoms with van der Waals surface area (Å²) in [5.74, 6) is 0.228. The van der Waals surface area contributed by atoms with Gasteiger partial charge in [-0.15, -0.1) is 0 Å². The molecular formula is C31H37FN8O2. The van der Waals surface area contributed by atoms with Gasteiger partial charge in [-0.25, -0.2) is 19.2 Å². The Morgan fingerprint density at radius 1 is 1.05 bits per heavy atom. The van der Waals surface area contributed by atoms with Gasteiger partial charge in [-0.1, -0.05) is 6.07 Å². The van der Waals surface area contributed by atoms with Crippen LogP contribution in [0.3, 0.4) is 0 Å². The van der Waals surface area contributed by atoms with Crippen molar-refractivity contribution in [1.29, 1.82) is 0 Å². The van der Waals surface area contributed by atoms with E-state index >= 15 is 0 Å². The van der Waals surface area contributed by atoms with Crippen molar-refractivity contribution >= 4 is 34.1 Å². The van der Waals surface area contributed by atoms with E-state index in [1.165, 1.54) is 17.7 Å². The number of carbonyl (C=O) groups excluding carboxylic acids is 1. The second kappa shape index (κ2) is 11.6. The van der Waals surface area contributed by atoms with E-state index in [0.717, 1.165) is 61.6 Å². The van der Waals surface area contributed by atoms with Gasteiger partial charge in [0.1, 0.15) is 17.8 Å². The van der Waals surface area contributed by atoms with Gasteiger partial charge in [-0.2, -0.15) is 0 Å². The van der Waals surface area contributed by atoms with Crippen LogP contribution in [-0.4, -0.2) is 80.5 Å². The Morgan fingerprint density at radius 3 is 2.60 bits per heavy atom. The molecule has 11 heteroatoms. The van der Waals surface area contributed by atoms with Crippen molar-refractivity contribution in [2.45, 2.75) is 52.2 Å². The number of likely N-dealkylation sites (tertiary alicyclic amines) is 1. The lowest BCUT2D eigenvalue weighted by atomic mass is 10.0.